The third-order valence-corrected chi connectivity index (χ3v) is 6.19. The number of benzene rings is 1. The molecule has 1 aliphatic heterocycles. The first-order chi connectivity index (χ1) is 10.1. The number of sulfone groups is 1. The van der Waals surface area contributed by atoms with Crippen molar-refractivity contribution in [3.63, 3.8) is 0 Å². The summed E-state index contributed by atoms with van der Waals surface area (Å²) in [5, 5.41) is 3.23. The number of nitrogens with one attached hydrogen (secondary N) is 1. The van der Waals surface area contributed by atoms with Gasteiger partial charge in [0.2, 0.25) is 0 Å². The molecule has 1 fully saturated rings. The van der Waals surface area contributed by atoms with Gasteiger partial charge in [0, 0.05) is 12.0 Å². The lowest BCUT2D eigenvalue weighted by atomic mass is 10.0. The Morgan fingerprint density at radius 2 is 2.00 bits per heavy atom. The molecule has 1 unspecified atom stereocenters. The van der Waals surface area contributed by atoms with Gasteiger partial charge in [-0.15, -0.1) is 0 Å². The van der Waals surface area contributed by atoms with Crippen LogP contribution in [-0.2, 0) is 9.84 Å². The van der Waals surface area contributed by atoms with Gasteiger partial charge in [-0.1, -0.05) is 31.0 Å². The van der Waals surface area contributed by atoms with E-state index in [4.69, 9.17) is 5.73 Å². The molecule has 0 spiro atoms. The Bertz CT molecular complexity index is 649. The van der Waals surface area contributed by atoms with Gasteiger partial charge in [0.25, 0.3) is 0 Å². The summed E-state index contributed by atoms with van der Waals surface area (Å²) in [7, 11) is -3.16. The standard InChI is InChI=1S/C15H21N3O2S/c16-15(18-12-5-1-2-6-12)17-9-11-10-21(19,20)14-8-4-3-7-13(11)14/h3-4,7-8,11-12H,1-2,5-6,9-10H2,(H3,16,17,18). The topological polar surface area (TPSA) is 84.5 Å². The smallest absolute Gasteiger partial charge is 0.188 e. The maximum atomic E-state index is 12.1. The van der Waals surface area contributed by atoms with E-state index in [1.807, 2.05) is 12.1 Å². The summed E-state index contributed by atoms with van der Waals surface area (Å²) >= 11 is 0. The molecule has 0 radical (unpaired) electrons. The van der Waals surface area contributed by atoms with E-state index in [9.17, 15) is 8.42 Å². The van der Waals surface area contributed by atoms with Gasteiger partial charge in [-0.25, -0.2) is 8.42 Å². The molecule has 1 atom stereocenters. The summed E-state index contributed by atoms with van der Waals surface area (Å²) in [5.74, 6) is 0.478. The van der Waals surface area contributed by atoms with Gasteiger partial charge in [-0.3, -0.25) is 4.99 Å². The first kappa shape index (κ1) is 14.4. The van der Waals surface area contributed by atoms with Crippen molar-refractivity contribution < 1.29 is 8.42 Å². The SMILES string of the molecule is NC(=NCC1CS(=O)(=O)c2ccccc21)NC1CCCC1. The lowest BCUT2D eigenvalue weighted by Gasteiger charge is -2.13. The molecule has 0 bridgehead atoms. The Kier molecular flexibility index (Phi) is 3.89. The second kappa shape index (κ2) is 5.67. The minimum atomic E-state index is -3.16. The molecule has 1 aromatic rings. The molecular weight excluding hydrogens is 286 g/mol. The molecule has 1 aliphatic carbocycles. The van der Waals surface area contributed by atoms with Crippen LogP contribution in [0.5, 0.6) is 0 Å². The van der Waals surface area contributed by atoms with Crippen molar-refractivity contribution in [1.82, 2.24) is 5.32 Å². The van der Waals surface area contributed by atoms with E-state index in [-0.39, 0.29) is 11.7 Å². The van der Waals surface area contributed by atoms with Crippen LogP contribution < -0.4 is 11.1 Å². The quantitative estimate of drug-likeness (QED) is 0.653. The maximum Gasteiger partial charge on any atom is 0.188 e. The van der Waals surface area contributed by atoms with E-state index >= 15 is 0 Å². The van der Waals surface area contributed by atoms with Gasteiger partial charge in [0.05, 0.1) is 17.2 Å². The number of hydrogen-bond donors (Lipinski definition) is 2. The van der Waals surface area contributed by atoms with Crippen LogP contribution in [0.2, 0.25) is 0 Å². The van der Waals surface area contributed by atoms with Crippen LogP contribution in [0, 0.1) is 0 Å². The fourth-order valence-electron chi connectivity index (χ4n) is 3.23. The summed E-state index contributed by atoms with van der Waals surface area (Å²) in [5.41, 5.74) is 6.78. The Labute approximate surface area is 125 Å². The van der Waals surface area contributed by atoms with Crippen LogP contribution in [0.3, 0.4) is 0 Å². The minimum Gasteiger partial charge on any atom is -0.370 e. The number of aliphatic imine (C=N–C) groups is 1. The van der Waals surface area contributed by atoms with E-state index in [1.54, 1.807) is 12.1 Å². The van der Waals surface area contributed by atoms with E-state index in [0.29, 0.717) is 23.4 Å². The van der Waals surface area contributed by atoms with Gasteiger partial charge in [-0.2, -0.15) is 0 Å². The average molecular weight is 307 g/mol. The molecule has 3 N–H and O–H groups in total. The predicted octanol–water partition coefficient (Wildman–Crippen LogP) is 1.40. The number of nitrogens with zero attached hydrogens (tertiary/aromatic N) is 1. The molecule has 21 heavy (non-hydrogen) atoms. The number of rotatable bonds is 3. The van der Waals surface area contributed by atoms with Crippen LogP contribution in [0.1, 0.15) is 37.2 Å². The molecular formula is C15H21N3O2S. The summed E-state index contributed by atoms with van der Waals surface area (Å²) in [6.45, 7) is 0.418. The first-order valence-electron chi connectivity index (χ1n) is 7.44. The first-order valence-corrected chi connectivity index (χ1v) is 9.09. The average Bonchev–Trinajstić information content (AvgIpc) is 3.04. The zero-order chi connectivity index (χ0) is 14.9. The van der Waals surface area contributed by atoms with E-state index in [0.717, 1.165) is 18.4 Å². The molecule has 6 heteroatoms. The van der Waals surface area contributed by atoms with Crippen LogP contribution in [0.15, 0.2) is 34.2 Å². The van der Waals surface area contributed by atoms with Crippen LogP contribution >= 0.6 is 0 Å². The van der Waals surface area contributed by atoms with Gasteiger partial charge in [0.15, 0.2) is 15.8 Å². The summed E-state index contributed by atoms with van der Waals surface area (Å²) in [4.78, 5) is 4.80. The highest BCUT2D eigenvalue weighted by Gasteiger charge is 2.34. The molecule has 1 aromatic carbocycles. The fourth-order valence-corrected chi connectivity index (χ4v) is 5.10. The molecule has 0 saturated heterocycles. The van der Waals surface area contributed by atoms with Crippen molar-refractivity contribution in [2.75, 3.05) is 12.3 Å². The molecule has 1 heterocycles. The van der Waals surface area contributed by atoms with E-state index in [2.05, 4.69) is 10.3 Å². The molecule has 5 nitrogen and oxygen atoms in total. The van der Waals surface area contributed by atoms with E-state index in [1.165, 1.54) is 12.8 Å². The lowest BCUT2D eigenvalue weighted by molar-refractivity contribution is 0.597. The molecule has 2 aliphatic rings. The zero-order valence-electron chi connectivity index (χ0n) is 12.0. The lowest BCUT2D eigenvalue weighted by Crippen LogP contribution is -2.38. The Hall–Kier alpha value is -1.56. The van der Waals surface area contributed by atoms with Crippen LogP contribution in [-0.4, -0.2) is 32.7 Å². The highest BCUT2D eigenvalue weighted by atomic mass is 32.2. The third kappa shape index (κ3) is 3.05. The monoisotopic (exact) mass is 307 g/mol. The molecule has 114 valence electrons. The molecule has 0 aromatic heterocycles. The van der Waals surface area contributed by atoms with Crippen molar-refractivity contribution in [3.8, 4) is 0 Å². The Morgan fingerprint density at radius 1 is 1.29 bits per heavy atom. The van der Waals surface area contributed by atoms with Crippen molar-refractivity contribution in [1.29, 1.82) is 0 Å². The predicted molar refractivity (Wildman–Crippen MR) is 83.1 cm³/mol. The van der Waals surface area contributed by atoms with Crippen molar-refractivity contribution in [3.05, 3.63) is 29.8 Å². The number of nitrogens with two attached hydrogens (primary N) is 1. The second-order valence-corrected chi connectivity index (χ2v) is 7.87. The maximum absolute atomic E-state index is 12.1. The van der Waals surface area contributed by atoms with Crippen molar-refractivity contribution in [2.45, 2.75) is 42.5 Å². The molecule has 1 saturated carbocycles. The van der Waals surface area contributed by atoms with Crippen LogP contribution in [0.4, 0.5) is 0 Å². The van der Waals surface area contributed by atoms with Gasteiger partial charge >= 0.3 is 0 Å². The van der Waals surface area contributed by atoms with Crippen molar-refractivity contribution >= 4 is 15.8 Å². The largest absolute Gasteiger partial charge is 0.370 e. The zero-order valence-corrected chi connectivity index (χ0v) is 12.8. The Morgan fingerprint density at radius 3 is 2.76 bits per heavy atom. The normalized spacial score (nSPS) is 25.0. The summed E-state index contributed by atoms with van der Waals surface area (Å²) in [6, 6.07) is 7.61. The van der Waals surface area contributed by atoms with Crippen molar-refractivity contribution in [2.24, 2.45) is 10.7 Å². The minimum absolute atomic E-state index is 0.0878. The number of guanidine groups is 1. The third-order valence-electron chi connectivity index (χ3n) is 4.30. The highest BCUT2D eigenvalue weighted by molar-refractivity contribution is 7.91. The second-order valence-electron chi connectivity index (χ2n) is 5.87. The fraction of sp³-hybridized carbons (Fsp3) is 0.533. The Balaban J connectivity index is 1.69. The number of fused-ring (bicyclic) bond motifs is 1. The van der Waals surface area contributed by atoms with Gasteiger partial charge in [-0.05, 0) is 24.5 Å². The van der Waals surface area contributed by atoms with Gasteiger partial charge < -0.3 is 11.1 Å². The van der Waals surface area contributed by atoms with E-state index < -0.39 is 9.84 Å². The van der Waals surface area contributed by atoms with Gasteiger partial charge in [0.1, 0.15) is 0 Å². The number of hydrogen-bond acceptors (Lipinski definition) is 3. The highest BCUT2D eigenvalue weighted by Crippen LogP contribution is 2.34. The molecule has 0 amide bonds. The molecule has 3 rings (SSSR count). The summed E-state index contributed by atoms with van der Waals surface area (Å²) < 4.78 is 24.2. The summed E-state index contributed by atoms with van der Waals surface area (Å²) in [6.07, 6.45) is 4.74. The van der Waals surface area contributed by atoms with Crippen LogP contribution in [0.25, 0.3) is 0 Å².